The summed E-state index contributed by atoms with van der Waals surface area (Å²) in [6.45, 7) is 2.13. The van der Waals surface area contributed by atoms with Crippen molar-refractivity contribution in [3.63, 3.8) is 0 Å². The highest BCUT2D eigenvalue weighted by Gasteiger charge is 2.29. The lowest BCUT2D eigenvalue weighted by Gasteiger charge is -2.26. The van der Waals surface area contributed by atoms with Crippen LogP contribution in [-0.2, 0) is 34.3 Å². The zero-order valence-electron chi connectivity index (χ0n) is 32.7. The summed E-state index contributed by atoms with van der Waals surface area (Å²) >= 11 is 0. The molecule has 0 aromatic heterocycles. The molecule has 4 amide bonds. The summed E-state index contributed by atoms with van der Waals surface area (Å²) in [6, 6.07) is 23.0. The molecule has 324 valence electrons. The van der Waals surface area contributed by atoms with E-state index >= 15 is 0 Å². The Labute approximate surface area is 355 Å². The maximum Gasteiger partial charge on any atom is 0.411 e. The molecule has 6 rings (SSSR count). The molecule has 10 N–H and O–H groups in total. The number of primary amides is 2. The van der Waals surface area contributed by atoms with Crippen LogP contribution in [0.15, 0.2) is 94.7 Å². The minimum atomic E-state index is -3.80. The van der Waals surface area contributed by atoms with Crippen molar-refractivity contribution in [1.82, 2.24) is 14.8 Å². The molecular weight excluding hydrogens is 849 g/mol. The van der Waals surface area contributed by atoms with Crippen molar-refractivity contribution in [3.05, 3.63) is 118 Å². The molecule has 62 heavy (non-hydrogen) atoms. The number of morpholine rings is 2. The first kappa shape index (κ1) is 47.6. The van der Waals surface area contributed by atoms with Crippen molar-refractivity contribution >= 4 is 61.1 Å². The van der Waals surface area contributed by atoms with Gasteiger partial charge in [0, 0.05) is 37.3 Å². The van der Waals surface area contributed by atoms with Crippen LogP contribution in [0, 0.1) is 28.1 Å². The van der Waals surface area contributed by atoms with E-state index in [1.165, 1.54) is 93.5 Å². The first-order chi connectivity index (χ1) is 29.0. The first-order valence-electron chi connectivity index (χ1n) is 18.0. The average Bonchev–Trinajstić information content (AvgIpc) is 3.27. The second-order valence-electron chi connectivity index (χ2n) is 12.9. The number of carbonyl (C=O) groups excluding carboxylic acids is 4. The van der Waals surface area contributed by atoms with Gasteiger partial charge in [0.25, 0.3) is 17.7 Å². The number of nitrogens with two attached hydrogens (primary N) is 2. The van der Waals surface area contributed by atoms with Crippen LogP contribution in [0.2, 0.25) is 0 Å². The quantitative estimate of drug-likeness (QED) is 0.0984. The van der Waals surface area contributed by atoms with E-state index in [0.29, 0.717) is 26.4 Å². The molecule has 0 atom stereocenters. The third-order valence-corrected chi connectivity index (χ3v) is 12.7. The summed E-state index contributed by atoms with van der Waals surface area (Å²) in [5, 5.41) is 31.0. The van der Waals surface area contributed by atoms with Crippen molar-refractivity contribution in [3.8, 4) is 12.1 Å². The van der Waals surface area contributed by atoms with Crippen LogP contribution >= 0.6 is 0 Å². The molecule has 0 bridgehead atoms. The number of hydrogen-bond acceptors (Lipinski definition) is 15. The Morgan fingerprint density at radius 2 is 1.05 bits per heavy atom. The van der Waals surface area contributed by atoms with Gasteiger partial charge in [-0.15, -0.1) is 0 Å². The highest BCUT2D eigenvalue weighted by atomic mass is 32.2. The van der Waals surface area contributed by atoms with Gasteiger partial charge in [0.1, 0.15) is 0 Å². The van der Waals surface area contributed by atoms with E-state index in [2.05, 4.69) is 15.4 Å². The molecule has 2 saturated heterocycles. The predicted molar refractivity (Wildman–Crippen MR) is 221 cm³/mol. The smallest absolute Gasteiger partial charge is 0.391 e. The van der Waals surface area contributed by atoms with Crippen molar-refractivity contribution < 1.29 is 50.2 Å². The summed E-state index contributed by atoms with van der Waals surface area (Å²) in [7, 11) is -7.56. The van der Waals surface area contributed by atoms with Gasteiger partial charge in [-0.2, -0.15) is 19.1 Å². The number of nitrogens with zero attached hydrogens (tertiary/aromatic N) is 4. The van der Waals surface area contributed by atoms with Gasteiger partial charge in [0.05, 0.1) is 82.0 Å². The van der Waals surface area contributed by atoms with Gasteiger partial charge in [-0.1, -0.05) is 12.1 Å². The normalized spacial score (nSPS) is 14.2. The Morgan fingerprint density at radius 1 is 0.645 bits per heavy atom. The molecule has 2 aliphatic heterocycles. The van der Waals surface area contributed by atoms with Crippen molar-refractivity contribution in [2.24, 2.45) is 11.5 Å². The largest absolute Gasteiger partial charge is 0.411 e. The Bertz CT molecular complexity index is 2690. The molecule has 2 heterocycles. The maximum atomic E-state index is 12.9. The average molecular weight is 889 g/mol. The summed E-state index contributed by atoms with van der Waals surface area (Å²) in [6.07, 6.45) is -1.23. The molecule has 2 fully saturated rings. The van der Waals surface area contributed by atoms with Crippen LogP contribution in [0.5, 0.6) is 0 Å². The Hall–Kier alpha value is -7.09. The van der Waals surface area contributed by atoms with Crippen LogP contribution in [0.1, 0.15) is 47.8 Å². The van der Waals surface area contributed by atoms with E-state index in [4.69, 9.17) is 36.9 Å². The lowest BCUT2D eigenvalue weighted by molar-refractivity contribution is 0.0730. The van der Waals surface area contributed by atoms with Gasteiger partial charge in [0.15, 0.2) is 0 Å². The third-order valence-electron chi connectivity index (χ3n) is 8.91. The lowest BCUT2D eigenvalue weighted by atomic mass is 10.1. The Kier molecular flexibility index (Phi) is 16.1. The number of hydrogen-bond donors (Lipinski definition) is 6. The molecule has 0 spiro atoms. The molecule has 0 saturated carbocycles. The zero-order chi connectivity index (χ0) is 44.3. The molecule has 0 radical (unpaired) electrons. The van der Waals surface area contributed by atoms with Gasteiger partial charge in [-0.05, 0) is 72.8 Å². The molecule has 4 aromatic carbocycles. The SMILES string of the molecule is N.N#Cc1ccc(NC(=O)c2cccc(S(=O)(=O)N3CCOCC3)c2)c(C(=N)OC(N)=O)c1.N#Cc1ccc(NC(=O)c2cccc(S(=O)(=O)N3CCOCC3)c2)c(C(N)=O)c1. The minimum Gasteiger partial charge on any atom is -0.391 e. The molecular formula is C39H40N10O11S2. The van der Waals surface area contributed by atoms with E-state index in [-0.39, 0.29) is 86.9 Å². The van der Waals surface area contributed by atoms with Gasteiger partial charge in [0.2, 0.25) is 25.9 Å². The van der Waals surface area contributed by atoms with Crippen LogP contribution in [0.3, 0.4) is 0 Å². The predicted octanol–water partition coefficient (Wildman–Crippen LogP) is 2.34. The Balaban J connectivity index is 0.000000269. The van der Waals surface area contributed by atoms with E-state index in [1.807, 2.05) is 12.1 Å². The van der Waals surface area contributed by atoms with Gasteiger partial charge in [-0.3, -0.25) is 19.8 Å². The topological polar surface area (TPSA) is 353 Å². The van der Waals surface area contributed by atoms with Crippen molar-refractivity contribution in [2.75, 3.05) is 63.2 Å². The summed E-state index contributed by atoms with van der Waals surface area (Å²) < 4.78 is 68.8. The number of anilines is 2. The van der Waals surface area contributed by atoms with Crippen LogP contribution in [-0.4, -0.2) is 108 Å². The van der Waals surface area contributed by atoms with E-state index in [0.717, 1.165) is 0 Å². The second-order valence-corrected chi connectivity index (χ2v) is 16.7. The van der Waals surface area contributed by atoms with Gasteiger partial charge >= 0.3 is 6.09 Å². The number of ether oxygens (including phenoxy) is 3. The highest BCUT2D eigenvalue weighted by molar-refractivity contribution is 7.89. The lowest BCUT2D eigenvalue weighted by Crippen LogP contribution is -2.40. The monoisotopic (exact) mass is 888 g/mol. The van der Waals surface area contributed by atoms with Gasteiger partial charge < -0.3 is 42.5 Å². The standard InChI is InChI=1S/C20H19N5O6S.C19H18N4O5S.H3N/c21-12-13-4-5-17(16(10-13)18(22)31-20(23)27)24-19(26)14-2-1-3-15(11-14)32(28,29)25-6-8-30-9-7-25;20-12-13-4-5-17(16(10-13)18(21)24)22-19(25)14-2-1-3-15(11-14)29(26,27)23-6-8-28-9-7-23;/h1-5,10-11,22H,6-9H2,(H2,23,27)(H,24,26);1-5,10-11H,6-9H2,(H2,21,24)(H,22,25);1H3. The Morgan fingerprint density at radius 3 is 1.44 bits per heavy atom. The fourth-order valence-corrected chi connectivity index (χ4v) is 8.76. The summed E-state index contributed by atoms with van der Waals surface area (Å²) in [5.41, 5.74) is 10.9. The maximum absolute atomic E-state index is 12.9. The van der Waals surface area contributed by atoms with E-state index in [1.54, 1.807) is 0 Å². The summed E-state index contributed by atoms with van der Waals surface area (Å²) in [5.74, 6) is -2.74. The van der Waals surface area contributed by atoms with Crippen LogP contribution in [0.4, 0.5) is 16.2 Å². The number of nitrogens with one attached hydrogen (secondary N) is 3. The van der Waals surface area contributed by atoms with Crippen LogP contribution < -0.4 is 28.3 Å². The van der Waals surface area contributed by atoms with Crippen LogP contribution in [0.25, 0.3) is 0 Å². The fourth-order valence-electron chi connectivity index (χ4n) is 5.85. The van der Waals surface area contributed by atoms with Crippen molar-refractivity contribution in [1.29, 1.82) is 15.9 Å². The molecule has 0 unspecified atom stereocenters. The second kappa shape index (κ2) is 20.9. The summed E-state index contributed by atoms with van der Waals surface area (Å²) in [4.78, 5) is 48.0. The molecule has 2 aliphatic rings. The molecule has 0 aliphatic carbocycles. The van der Waals surface area contributed by atoms with Gasteiger partial charge in [-0.25, -0.2) is 21.6 Å². The van der Waals surface area contributed by atoms with Crippen molar-refractivity contribution in [2.45, 2.75) is 9.79 Å². The number of amides is 4. The zero-order valence-corrected chi connectivity index (χ0v) is 34.3. The number of sulfonamides is 2. The molecule has 23 heteroatoms. The number of carbonyl (C=O) groups is 4. The molecule has 4 aromatic rings. The number of rotatable bonds is 10. The number of nitriles is 2. The first-order valence-corrected chi connectivity index (χ1v) is 20.9. The minimum absolute atomic E-state index is 0. The highest BCUT2D eigenvalue weighted by Crippen LogP contribution is 2.24. The van der Waals surface area contributed by atoms with E-state index in [9.17, 15) is 36.0 Å². The third kappa shape index (κ3) is 11.6. The number of benzene rings is 4. The molecule has 21 nitrogen and oxygen atoms in total. The fraction of sp³-hybridized carbons (Fsp3) is 0.205. The van der Waals surface area contributed by atoms with E-state index < -0.39 is 49.8 Å².